The Labute approximate surface area is 192 Å². The maximum atomic E-state index is 13.2. The first-order chi connectivity index (χ1) is 13.6. The minimum atomic E-state index is -2.61. The second-order valence-electron chi connectivity index (χ2n) is 8.92. The Morgan fingerprint density at radius 2 is 1.37 bits per heavy atom. The number of thiophene rings is 2. The first-order valence-corrected chi connectivity index (χ1v) is 11.6. The number of alkyl halides is 4. The van der Waals surface area contributed by atoms with Crippen LogP contribution in [0.5, 0.6) is 0 Å². The van der Waals surface area contributed by atoms with E-state index in [4.69, 9.17) is 0 Å². The predicted molar refractivity (Wildman–Crippen MR) is 108 cm³/mol. The van der Waals surface area contributed by atoms with E-state index in [9.17, 15) is 22.7 Å². The molecule has 4 rings (SSSR count). The van der Waals surface area contributed by atoms with Crippen LogP contribution in [0.4, 0.5) is 17.6 Å². The average Bonchev–Trinajstić information content (AvgIpc) is 3.34. The summed E-state index contributed by atoms with van der Waals surface area (Å²) in [7, 11) is 4.51. The molecule has 0 aromatic carbocycles. The van der Waals surface area contributed by atoms with Crippen molar-refractivity contribution in [2.75, 3.05) is 14.1 Å². The van der Waals surface area contributed by atoms with Crippen molar-refractivity contribution in [2.24, 2.45) is 5.92 Å². The standard InChI is InChI=1S/C21H26F4NOS2.BrH/c1-26(2)13-3-4-14(26)10-12(9-13)11-21(27,17-7-5-15(28-17)19(22)23)18-8-6-16(29-18)20(24)25;/h5-8,12-14,19-20,27H,3-4,9-11H2,1-2H3;1H/q+1;/p-1/t13-,14-;/m0./s1. The molecule has 1 N–H and O–H groups in total. The Morgan fingerprint density at radius 1 is 0.933 bits per heavy atom. The van der Waals surface area contributed by atoms with Crippen LogP contribution in [0.15, 0.2) is 24.3 Å². The summed E-state index contributed by atoms with van der Waals surface area (Å²) >= 11 is 1.76. The number of rotatable bonds is 6. The maximum Gasteiger partial charge on any atom is 0.272 e. The Balaban J connectivity index is 0.00000256. The largest absolute Gasteiger partial charge is 1.00 e. The molecule has 0 amide bonds. The molecule has 4 heterocycles. The summed E-state index contributed by atoms with van der Waals surface area (Å²) in [6, 6.07) is 6.80. The van der Waals surface area contributed by atoms with Crippen molar-refractivity contribution in [3.05, 3.63) is 43.8 Å². The zero-order chi connectivity index (χ0) is 21.0. The Morgan fingerprint density at radius 3 is 1.73 bits per heavy atom. The second kappa shape index (κ2) is 8.81. The molecule has 2 aromatic rings. The van der Waals surface area contributed by atoms with E-state index in [0.29, 0.717) is 28.3 Å². The monoisotopic (exact) mass is 527 g/mol. The quantitative estimate of drug-likeness (QED) is 0.451. The third-order valence-electron chi connectivity index (χ3n) is 7.01. The van der Waals surface area contributed by atoms with Gasteiger partial charge >= 0.3 is 0 Å². The van der Waals surface area contributed by atoms with Crippen LogP contribution < -0.4 is 17.0 Å². The lowest BCUT2D eigenvalue weighted by atomic mass is 9.79. The fraction of sp³-hybridized carbons (Fsp3) is 0.619. The van der Waals surface area contributed by atoms with Gasteiger partial charge in [0.1, 0.15) is 5.60 Å². The molecule has 2 aromatic heterocycles. The molecule has 2 saturated heterocycles. The number of piperidine rings is 1. The van der Waals surface area contributed by atoms with Crippen molar-refractivity contribution < 1.29 is 44.1 Å². The van der Waals surface area contributed by atoms with E-state index in [1.54, 1.807) is 0 Å². The number of hydrogen-bond donors (Lipinski definition) is 1. The van der Waals surface area contributed by atoms with Gasteiger partial charge in [-0.3, -0.25) is 0 Å². The van der Waals surface area contributed by atoms with Gasteiger partial charge in [-0.2, -0.15) is 0 Å². The molecule has 168 valence electrons. The van der Waals surface area contributed by atoms with Crippen molar-refractivity contribution in [2.45, 2.75) is 62.6 Å². The summed E-state index contributed by atoms with van der Waals surface area (Å²) in [5, 5.41) is 11.7. The number of quaternary nitrogens is 1. The van der Waals surface area contributed by atoms with Gasteiger partial charge in [0.2, 0.25) is 0 Å². The SMILES string of the molecule is C[N+]1(C)[C@H]2CC[C@H]1CC(CC(O)(c1ccc(C(F)F)s1)c1ccc(C(F)F)s1)C2.[Br-]. The highest BCUT2D eigenvalue weighted by Crippen LogP contribution is 2.50. The molecule has 30 heavy (non-hydrogen) atoms. The van der Waals surface area contributed by atoms with Gasteiger partial charge in [0.05, 0.1) is 35.9 Å². The number of hydrogen-bond acceptors (Lipinski definition) is 3. The highest BCUT2D eigenvalue weighted by atomic mass is 79.9. The fourth-order valence-electron chi connectivity index (χ4n) is 5.29. The van der Waals surface area contributed by atoms with E-state index < -0.39 is 18.5 Å². The van der Waals surface area contributed by atoms with Crippen molar-refractivity contribution >= 4 is 22.7 Å². The fourth-order valence-corrected chi connectivity index (χ4v) is 7.30. The minimum Gasteiger partial charge on any atom is -1.00 e. The van der Waals surface area contributed by atoms with Crippen LogP contribution in [0.3, 0.4) is 0 Å². The summed E-state index contributed by atoms with van der Waals surface area (Å²) in [4.78, 5) is 0.625. The van der Waals surface area contributed by atoms with E-state index in [-0.39, 0.29) is 32.7 Å². The van der Waals surface area contributed by atoms with Crippen molar-refractivity contribution in [1.82, 2.24) is 0 Å². The maximum absolute atomic E-state index is 13.2. The molecule has 2 aliphatic heterocycles. The number of nitrogens with zero attached hydrogens (tertiary/aromatic N) is 1. The molecule has 2 nitrogen and oxygen atoms in total. The molecular weight excluding hydrogens is 502 g/mol. The van der Waals surface area contributed by atoms with Gasteiger partial charge in [0, 0.05) is 35.4 Å². The van der Waals surface area contributed by atoms with Crippen molar-refractivity contribution in [3.63, 3.8) is 0 Å². The predicted octanol–water partition coefficient (Wildman–Crippen LogP) is 3.33. The molecule has 0 radical (unpaired) electrons. The lowest BCUT2D eigenvalue weighted by molar-refractivity contribution is -0.931. The van der Waals surface area contributed by atoms with Gasteiger partial charge in [-0.1, -0.05) is 0 Å². The van der Waals surface area contributed by atoms with Gasteiger partial charge in [-0.15, -0.1) is 22.7 Å². The van der Waals surface area contributed by atoms with Crippen LogP contribution in [-0.4, -0.2) is 35.8 Å². The molecular formula is C21H26BrF4NOS2. The molecule has 0 spiro atoms. The molecule has 0 aliphatic carbocycles. The topological polar surface area (TPSA) is 20.2 Å². The third kappa shape index (κ3) is 4.25. The molecule has 2 fully saturated rings. The van der Waals surface area contributed by atoms with Crippen LogP contribution in [0.2, 0.25) is 0 Å². The summed E-state index contributed by atoms with van der Waals surface area (Å²) < 4.78 is 53.7. The number of fused-ring (bicyclic) bond motifs is 2. The smallest absolute Gasteiger partial charge is 0.272 e. The van der Waals surface area contributed by atoms with E-state index in [1.165, 1.54) is 24.3 Å². The molecule has 2 atom stereocenters. The molecule has 2 bridgehead atoms. The van der Waals surface area contributed by atoms with Crippen LogP contribution in [-0.2, 0) is 5.60 Å². The van der Waals surface area contributed by atoms with E-state index >= 15 is 0 Å². The van der Waals surface area contributed by atoms with Gasteiger partial charge in [-0.05, 0) is 36.6 Å². The minimum absolute atomic E-state index is 0. The van der Waals surface area contributed by atoms with Crippen LogP contribution >= 0.6 is 22.7 Å². The van der Waals surface area contributed by atoms with E-state index in [2.05, 4.69) is 14.1 Å². The zero-order valence-corrected chi connectivity index (χ0v) is 20.1. The normalized spacial score (nSPS) is 25.7. The van der Waals surface area contributed by atoms with Crippen molar-refractivity contribution in [1.29, 1.82) is 0 Å². The molecule has 2 aliphatic rings. The molecule has 0 saturated carbocycles. The van der Waals surface area contributed by atoms with Gasteiger partial charge < -0.3 is 26.6 Å². The highest BCUT2D eigenvalue weighted by molar-refractivity contribution is 7.13. The van der Waals surface area contributed by atoms with Gasteiger partial charge in [0.15, 0.2) is 0 Å². The lowest BCUT2D eigenvalue weighted by Gasteiger charge is -2.45. The molecule has 0 unspecified atom stereocenters. The third-order valence-corrected chi connectivity index (χ3v) is 9.50. The summed E-state index contributed by atoms with van der Waals surface area (Å²) in [5.41, 5.74) is -1.51. The van der Waals surface area contributed by atoms with Crippen LogP contribution in [0.25, 0.3) is 0 Å². The first-order valence-electron chi connectivity index (χ1n) is 9.93. The average molecular weight is 528 g/mol. The highest BCUT2D eigenvalue weighted by Gasteiger charge is 2.51. The van der Waals surface area contributed by atoms with E-state index in [0.717, 1.165) is 52.8 Å². The molecule has 9 heteroatoms. The first kappa shape index (κ1) is 24.2. The van der Waals surface area contributed by atoms with Crippen LogP contribution in [0, 0.1) is 5.92 Å². The number of aliphatic hydroxyl groups is 1. The summed E-state index contributed by atoms with van der Waals surface area (Å²) in [6.45, 7) is 0. The van der Waals surface area contributed by atoms with Crippen LogP contribution in [0.1, 0.15) is 64.5 Å². The number of halogens is 5. The Hall–Kier alpha value is -0.480. The Kier molecular flexibility index (Phi) is 7.10. The zero-order valence-electron chi connectivity index (χ0n) is 16.8. The lowest BCUT2D eigenvalue weighted by Crippen LogP contribution is -3.00. The second-order valence-corrected chi connectivity index (χ2v) is 11.2. The summed E-state index contributed by atoms with van der Waals surface area (Å²) in [6.07, 6.45) is -0.585. The van der Waals surface area contributed by atoms with E-state index in [1.807, 2.05) is 0 Å². The van der Waals surface area contributed by atoms with Crippen molar-refractivity contribution in [3.8, 4) is 0 Å². The van der Waals surface area contributed by atoms with Gasteiger partial charge in [0.25, 0.3) is 12.9 Å². The summed E-state index contributed by atoms with van der Waals surface area (Å²) in [5.74, 6) is 0.234. The Bertz CT molecular complexity index is 807. The van der Waals surface area contributed by atoms with Gasteiger partial charge in [-0.25, -0.2) is 17.6 Å².